The topological polar surface area (TPSA) is 264 Å². The summed E-state index contributed by atoms with van der Waals surface area (Å²) < 4.78 is 13.3. The first-order valence-corrected chi connectivity index (χ1v) is 28.1. The van der Waals surface area contributed by atoms with Gasteiger partial charge in [-0.2, -0.15) is 20.7 Å². The lowest BCUT2D eigenvalue weighted by molar-refractivity contribution is -0.138. The normalized spacial score (nSPS) is 15.0. The number of nitrogens with one attached hydrogen (secondary N) is 3. The molecule has 0 bridgehead atoms. The molecule has 21 nitrogen and oxygen atoms in total. The summed E-state index contributed by atoms with van der Waals surface area (Å²) in [6.45, 7) is 12.6. The molecule has 8 aromatic rings. The van der Waals surface area contributed by atoms with Gasteiger partial charge in [0.05, 0.1) is 67.9 Å². The summed E-state index contributed by atoms with van der Waals surface area (Å²) in [5.41, 5.74) is 7.01. The zero-order chi connectivity index (χ0) is 49.6. The number of aromatic nitrogens is 10. The van der Waals surface area contributed by atoms with E-state index in [9.17, 15) is 19.2 Å². The van der Waals surface area contributed by atoms with Gasteiger partial charge in [0.15, 0.2) is 11.3 Å². The minimum absolute atomic E-state index is 0.129. The van der Waals surface area contributed by atoms with Gasteiger partial charge in [0, 0.05) is 67.3 Å². The van der Waals surface area contributed by atoms with Gasteiger partial charge in [0.2, 0.25) is 11.8 Å². The molecule has 2 aliphatic rings. The monoisotopic (exact) mass is 998 g/mol. The van der Waals surface area contributed by atoms with Crippen LogP contribution in [0.2, 0.25) is 25.7 Å². The summed E-state index contributed by atoms with van der Waals surface area (Å²) in [4.78, 5) is 76.2. The second-order valence-corrected chi connectivity index (χ2v) is 26.1. The molecule has 360 valence electrons. The number of likely N-dealkylation sites (tertiary alicyclic amines) is 2. The molecule has 0 unspecified atom stereocenters. The molecule has 70 heavy (non-hydrogen) atoms. The van der Waals surface area contributed by atoms with Crippen molar-refractivity contribution in [2.45, 2.75) is 58.3 Å². The predicted octanol–water partition coefficient (Wildman–Crippen LogP) is 5.13. The highest BCUT2D eigenvalue weighted by atomic mass is 32.1. The van der Waals surface area contributed by atoms with Crippen molar-refractivity contribution in [3.05, 3.63) is 58.8 Å². The van der Waals surface area contributed by atoms with E-state index in [0.29, 0.717) is 89.0 Å². The molecule has 0 spiro atoms. The van der Waals surface area contributed by atoms with Crippen LogP contribution in [0.4, 0.5) is 0 Å². The summed E-state index contributed by atoms with van der Waals surface area (Å²) in [5.74, 6) is -1.54. The molecule has 8 aromatic heterocycles. The molecule has 0 saturated carbocycles. The Balaban J connectivity index is 0.000000178. The van der Waals surface area contributed by atoms with Crippen molar-refractivity contribution < 1.29 is 23.9 Å². The molecule has 10 heterocycles. The van der Waals surface area contributed by atoms with Gasteiger partial charge < -0.3 is 34.7 Å². The number of hydrogen-bond donors (Lipinski definition) is 3. The molecule has 3 N–H and O–H groups in total. The summed E-state index contributed by atoms with van der Waals surface area (Å²) in [5, 5.41) is 36.6. The Morgan fingerprint density at radius 1 is 0.800 bits per heavy atom. The van der Waals surface area contributed by atoms with Gasteiger partial charge in [-0.05, 0) is 42.8 Å². The molecule has 2 aliphatic heterocycles. The molecule has 2 fully saturated rings. The quantitative estimate of drug-likeness (QED) is 0.100. The number of thiophene rings is 2. The van der Waals surface area contributed by atoms with Crippen molar-refractivity contribution in [3.8, 4) is 34.9 Å². The Morgan fingerprint density at radius 3 is 1.84 bits per heavy atom. The highest BCUT2D eigenvalue weighted by molar-refractivity contribution is 7.18. The molecular weight excluding hydrogens is 949 g/mol. The predicted molar refractivity (Wildman–Crippen MR) is 266 cm³/mol. The zero-order valence-corrected chi connectivity index (χ0v) is 42.2. The zero-order valence-electron chi connectivity index (χ0n) is 39.5. The first-order chi connectivity index (χ1) is 33.5. The number of hydrogen-bond acceptors (Lipinski definition) is 15. The average molecular weight is 999 g/mol. The van der Waals surface area contributed by atoms with Crippen LogP contribution in [0.25, 0.3) is 65.5 Å². The van der Waals surface area contributed by atoms with Crippen molar-refractivity contribution in [2.24, 2.45) is 25.9 Å². The van der Waals surface area contributed by atoms with Crippen LogP contribution >= 0.6 is 22.7 Å². The molecule has 0 radical (unpaired) electrons. The van der Waals surface area contributed by atoms with E-state index in [1.807, 2.05) is 37.0 Å². The Hall–Kier alpha value is -7.38. The number of carbonyl (C=O) groups is 4. The fraction of sp³-hybridized carbons (Fsp3) is 0.391. The number of aryl methyl sites for hydroxylation is 2. The third-order valence-electron chi connectivity index (χ3n) is 12.3. The van der Waals surface area contributed by atoms with E-state index >= 15 is 0 Å². The maximum atomic E-state index is 13.5. The number of rotatable bonds is 13. The third-order valence-corrected chi connectivity index (χ3v) is 15.8. The summed E-state index contributed by atoms with van der Waals surface area (Å²) in [6.07, 6.45) is 6.52. The lowest BCUT2D eigenvalue weighted by Crippen LogP contribution is -2.55. The molecule has 2 saturated heterocycles. The maximum Gasteiger partial charge on any atom is 0.255 e. The smallest absolute Gasteiger partial charge is 0.255 e. The number of ether oxygens (including phenoxy) is 1. The minimum Gasteiger partial charge on any atom is -0.361 e. The van der Waals surface area contributed by atoms with Crippen molar-refractivity contribution in [1.29, 1.82) is 10.5 Å². The number of amides is 4. The van der Waals surface area contributed by atoms with E-state index in [2.05, 4.69) is 72.5 Å². The minimum atomic E-state index is -1.25. The van der Waals surface area contributed by atoms with Gasteiger partial charge in [-0.1, -0.05) is 19.6 Å². The van der Waals surface area contributed by atoms with Gasteiger partial charge >= 0.3 is 0 Å². The maximum absolute atomic E-state index is 13.5. The van der Waals surface area contributed by atoms with Crippen LogP contribution in [0, 0.1) is 34.5 Å². The Kier molecular flexibility index (Phi) is 13.1. The largest absolute Gasteiger partial charge is 0.361 e. The second kappa shape index (κ2) is 19.2. The van der Waals surface area contributed by atoms with Crippen molar-refractivity contribution >= 4 is 97.1 Å². The molecule has 4 amide bonds. The molecule has 10 rings (SSSR count). The standard InChI is InChI=1S/C26H32N8O3SSi.C20H18N8O2S/c1-16(26(36)33-12-17(10-27)13-33)29-25(35)18-14-34(15-37-7-9-39(3,4)5)24-21(18)30-19(11-28-24)22-23-20(6-8-38-23)32(2)31-22;1-10(20(30)28-8-11(5-21)9-28)24-19(29)12-6-22-18-15(12)25-13(7-23-18)16-17-14(3-4-31-17)27(2)26-16/h6,8,11,14,16-17H,7,9,12-13,15H2,1-5H3,(H,29,35);3-4,6-7,10-11H,8-9H2,1-2H3,(H,22,23)(H,24,29)/t16-;10-/m11/s1. The molecule has 2 atom stereocenters. The van der Waals surface area contributed by atoms with Crippen molar-refractivity contribution in [2.75, 3.05) is 32.8 Å². The van der Waals surface area contributed by atoms with Crippen LogP contribution in [-0.2, 0) is 35.2 Å². The van der Waals surface area contributed by atoms with Crippen LogP contribution in [0.5, 0.6) is 0 Å². The van der Waals surface area contributed by atoms with Crippen molar-refractivity contribution in [1.82, 2.24) is 69.5 Å². The molecule has 0 aromatic carbocycles. The lowest BCUT2D eigenvalue weighted by Gasteiger charge is -2.37. The van der Waals surface area contributed by atoms with Gasteiger partial charge in [0.25, 0.3) is 11.8 Å². The van der Waals surface area contributed by atoms with Gasteiger partial charge in [-0.3, -0.25) is 28.5 Å². The highest BCUT2D eigenvalue weighted by Crippen LogP contribution is 2.33. The number of nitriles is 2. The molecule has 0 aliphatic carbocycles. The number of aromatic amines is 1. The van der Waals surface area contributed by atoms with Gasteiger partial charge in [-0.25, -0.2) is 19.9 Å². The molecular formula is C46H50N16O5S2Si. The number of H-pyrrole nitrogens is 1. The van der Waals surface area contributed by atoms with Crippen LogP contribution in [-0.4, -0.2) is 135 Å². The Labute approximate surface area is 410 Å². The number of nitrogens with zero attached hydrogens (tertiary/aromatic N) is 13. The van der Waals surface area contributed by atoms with E-state index in [-0.39, 0.29) is 30.4 Å². The van der Waals surface area contributed by atoms with E-state index in [1.165, 1.54) is 6.20 Å². The van der Waals surface area contributed by atoms with Crippen LogP contribution in [0.1, 0.15) is 34.6 Å². The van der Waals surface area contributed by atoms with Gasteiger partial charge in [0.1, 0.15) is 52.6 Å². The Bertz CT molecular complexity index is 3410. The average Bonchev–Trinajstić information content (AvgIpc) is 4.17. The summed E-state index contributed by atoms with van der Waals surface area (Å²) in [6, 6.07) is 7.85. The summed E-state index contributed by atoms with van der Waals surface area (Å²) >= 11 is 3.15. The van der Waals surface area contributed by atoms with Crippen LogP contribution in [0.15, 0.2) is 47.7 Å². The highest BCUT2D eigenvalue weighted by Gasteiger charge is 2.35. The lowest BCUT2D eigenvalue weighted by atomic mass is 10.0. The number of fused-ring (bicyclic) bond motifs is 4. The van der Waals surface area contributed by atoms with Crippen LogP contribution in [0.3, 0.4) is 0 Å². The summed E-state index contributed by atoms with van der Waals surface area (Å²) in [7, 11) is 2.50. The first-order valence-electron chi connectivity index (χ1n) is 22.6. The first kappa shape index (κ1) is 47.7. The fourth-order valence-corrected chi connectivity index (χ4v) is 10.7. The second-order valence-electron chi connectivity index (χ2n) is 18.7. The van der Waals surface area contributed by atoms with E-state index in [4.69, 9.17) is 20.2 Å². The van der Waals surface area contributed by atoms with Crippen LogP contribution < -0.4 is 10.6 Å². The fourth-order valence-electron chi connectivity index (χ4n) is 8.15. The SMILES string of the molecule is C[C@@H](NC(=O)c1c[nH]c2ncc(-c3nn(C)c4ccsc34)nc12)C(=O)N1CC(C#N)C1.C[C@@H](NC(=O)c1cn(COCC[Si](C)(C)C)c2ncc(-c3nn(C)c4ccsc34)nc12)C(=O)N1CC(C#N)C1. The number of carbonyl (C=O) groups excluding carboxylic acids is 4. The third kappa shape index (κ3) is 9.37. The van der Waals surface area contributed by atoms with E-state index < -0.39 is 32.0 Å². The molecule has 24 heteroatoms. The van der Waals surface area contributed by atoms with Gasteiger partial charge in [-0.15, -0.1) is 22.7 Å². The van der Waals surface area contributed by atoms with E-state index in [1.54, 1.807) is 78.8 Å². The Morgan fingerprint density at radius 2 is 1.31 bits per heavy atom. The van der Waals surface area contributed by atoms with Crippen molar-refractivity contribution in [3.63, 3.8) is 0 Å². The van der Waals surface area contributed by atoms with E-state index in [0.717, 1.165) is 26.5 Å².